The number of carbonyl (C=O) groups is 1. The highest BCUT2D eigenvalue weighted by molar-refractivity contribution is 5.86. The Morgan fingerprint density at radius 3 is 2.47 bits per heavy atom. The monoisotopic (exact) mass is 229 g/mol. The van der Waals surface area contributed by atoms with E-state index in [1.807, 2.05) is 0 Å². The molecule has 1 atom stereocenters. The summed E-state index contributed by atoms with van der Waals surface area (Å²) in [6.07, 6.45) is 4.54. The summed E-state index contributed by atoms with van der Waals surface area (Å²) < 4.78 is 0. The molecule has 90 valence electrons. The second kappa shape index (κ2) is 3.86. The van der Waals surface area contributed by atoms with Gasteiger partial charge in [0.05, 0.1) is 5.41 Å². The van der Waals surface area contributed by atoms with Crippen LogP contribution in [-0.2, 0) is 4.79 Å². The quantitative estimate of drug-likeness (QED) is 0.788. The van der Waals surface area contributed by atoms with Crippen LogP contribution in [0.25, 0.3) is 0 Å². The van der Waals surface area contributed by atoms with Crippen molar-refractivity contribution < 1.29 is 4.79 Å². The molecule has 2 aliphatic rings. The molecule has 1 aliphatic carbocycles. The lowest BCUT2D eigenvalue weighted by Gasteiger charge is -2.28. The number of rotatable bonds is 1. The summed E-state index contributed by atoms with van der Waals surface area (Å²) in [6.45, 7) is 2.93. The lowest BCUT2D eigenvalue weighted by Crippen LogP contribution is -2.31. The number of carbonyl (C=O) groups excluding carboxylic acids is 1. The standard InChI is InChI=1S/C15H19NO/c1-11-4-6-12(7-5-11)13-10-16-14(17)15(13)8-2-3-9-15/h4-7,13H,2-3,8-10H2,1H3,(H,16,17)/t13-/m0/s1. The Hall–Kier alpha value is -1.31. The summed E-state index contributed by atoms with van der Waals surface area (Å²) in [5.74, 6) is 0.679. The minimum absolute atomic E-state index is 0.0880. The molecule has 0 bridgehead atoms. The third-order valence-electron chi connectivity index (χ3n) is 4.56. The van der Waals surface area contributed by atoms with Crippen LogP contribution in [0.4, 0.5) is 0 Å². The van der Waals surface area contributed by atoms with E-state index in [0.29, 0.717) is 11.8 Å². The van der Waals surface area contributed by atoms with E-state index in [1.54, 1.807) is 0 Å². The maximum Gasteiger partial charge on any atom is 0.226 e. The van der Waals surface area contributed by atoms with E-state index >= 15 is 0 Å². The maximum absolute atomic E-state index is 12.1. The molecule has 1 aromatic rings. The average Bonchev–Trinajstić information content (AvgIpc) is 2.92. The molecule has 0 aromatic heterocycles. The lowest BCUT2D eigenvalue weighted by molar-refractivity contribution is -0.127. The Morgan fingerprint density at radius 1 is 1.18 bits per heavy atom. The molecule has 0 unspecified atom stereocenters. The number of nitrogens with one attached hydrogen (secondary N) is 1. The zero-order valence-electron chi connectivity index (χ0n) is 10.3. The first kappa shape index (κ1) is 10.8. The zero-order chi connectivity index (χ0) is 11.9. The minimum atomic E-state index is -0.0880. The summed E-state index contributed by atoms with van der Waals surface area (Å²) in [7, 11) is 0. The summed E-state index contributed by atoms with van der Waals surface area (Å²) in [6, 6.07) is 8.70. The van der Waals surface area contributed by atoms with Crippen molar-refractivity contribution in [2.24, 2.45) is 5.41 Å². The van der Waals surface area contributed by atoms with Gasteiger partial charge in [-0.2, -0.15) is 0 Å². The van der Waals surface area contributed by atoms with Crippen molar-refractivity contribution in [3.05, 3.63) is 35.4 Å². The van der Waals surface area contributed by atoms with Crippen molar-refractivity contribution in [3.63, 3.8) is 0 Å². The molecule has 3 rings (SSSR count). The number of hydrogen-bond donors (Lipinski definition) is 1. The van der Waals surface area contributed by atoms with Crippen LogP contribution in [0.1, 0.15) is 42.7 Å². The van der Waals surface area contributed by atoms with Crippen molar-refractivity contribution in [3.8, 4) is 0 Å². The first-order valence-electron chi connectivity index (χ1n) is 6.57. The van der Waals surface area contributed by atoms with Crippen LogP contribution in [0.2, 0.25) is 0 Å². The molecule has 2 nitrogen and oxygen atoms in total. The Bertz CT molecular complexity index is 429. The van der Waals surface area contributed by atoms with Gasteiger partial charge in [-0.3, -0.25) is 4.79 Å². The van der Waals surface area contributed by atoms with E-state index in [2.05, 4.69) is 36.5 Å². The Labute approximate surface area is 102 Å². The second-order valence-electron chi connectivity index (χ2n) is 5.54. The van der Waals surface area contributed by atoms with Gasteiger partial charge in [-0.1, -0.05) is 42.7 Å². The number of aryl methyl sites for hydroxylation is 1. The Morgan fingerprint density at radius 2 is 1.82 bits per heavy atom. The zero-order valence-corrected chi connectivity index (χ0v) is 10.3. The molecule has 2 heteroatoms. The van der Waals surface area contributed by atoms with Crippen molar-refractivity contribution >= 4 is 5.91 Å². The molecule has 17 heavy (non-hydrogen) atoms. The van der Waals surface area contributed by atoms with Gasteiger partial charge in [0.2, 0.25) is 5.91 Å². The average molecular weight is 229 g/mol. The molecule has 1 aliphatic heterocycles. The predicted molar refractivity (Wildman–Crippen MR) is 67.8 cm³/mol. The summed E-state index contributed by atoms with van der Waals surface area (Å²) in [5.41, 5.74) is 2.53. The van der Waals surface area contributed by atoms with E-state index < -0.39 is 0 Å². The van der Waals surface area contributed by atoms with E-state index in [-0.39, 0.29) is 5.41 Å². The Kier molecular flexibility index (Phi) is 2.46. The molecule has 1 aromatic carbocycles. The SMILES string of the molecule is Cc1ccc([C@@H]2CNC(=O)C23CCCC3)cc1. The van der Waals surface area contributed by atoms with Crippen LogP contribution < -0.4 is 5.32 Å². The van der Waals surface area contributed by atoms with Crippen molar-refractivity contribution in [1.29, 1.82) is 0 Å². The third-order valence-corrected chi connectivity index (χ3v) is 4.56. The van der Waals surface area contributed by atoms with Gasteiger partial charge in [0, 0.05) is 12.5 Å². The van der Waals surface area contributed by atoms with Gasteiger partial charge in [0.25, 0.3) is 0 Å². The highest BCUT2D eigenvalue weighted by atomic mass is 16.2. The molecule has 1 saturated heterocycles. The van der Waals surface area contributed by atoms with Crippen LogP contribution in [-0.4, -0.2) is 12.5 Å². The van der Waals surface area contributed by atoms with Crippen molar-refractivity contribution in [2.45, 2.75) is 38.5 Å². The smallest absolute Gasteiger partial charge is 0.226 e. The van der Waals surface area contributed by atoms with Gasteiger partial charge in [0.15, 0.2) is 0 Å². The largest absolute Gasteiger partial charge is 0.355 e. The molecule has 1 heterocycles. The van der Waals surface area contributed by atoms with Gasteiger partial charge >= 0.3 is 0 Å². The minimum Gasteiger partial charge on any atom is -0.355 e. The summed E-state index contributed by atoms with van der Waals surface area (Å²) in [5, 5.41) is 3.08. The van der Waals surface area contributed by atoms with Crippen LogP contribution in [0.15, 0.2) is 24.3 Å². The molecule has 2 fully saturated rings. The van der Waals surface area contributed by atoms with Gasteiger partial charge in [0.1, 0.15) is 0 Å². The molecular weight excluding hydrogens is 210 g/mol. The molecule has 0 radical (unpaired) electrons. The molecule has 1 spiro atoms. The van der Waals surface area contributed by atoms with Gasteiger partial charge in [-0.05, 0) is 25.3 Å². The van der Waals surface area contributed by atoms with Crippen molar-refractivity contribution in [2.75, 3.05) is 6.54 Å². The fourth-order valence-electron chi connectivity index (χ4n) is 3.54. The highest BCUT2D eigenvalue weighted by Gasteiger charge is 2.51. The van der Waals surface area contributed by atoms with Gasteiger partial charge in [-0.25, -0.2) is 0 Å². The molecule has 1 N–H and O–H groups in total. The van der Waals surface area contributed by atoms with Crippen LogP contribution in [0.3, 0.4) is 0 Å². The van der Waals surface area contributed by atoms with Crippen LogP contribution in [0.5, 0.6) is 0 Å². The lowest BCUT2D eigenvalue weighted by atomic mass is 9.72. The van der Waals surface area contributed by atoms with E-state index in [1.165, 1.54) is 24.0 Å². The van der Waals surface area contributed by atoms with Crippen molar-refractivity contribution in [1.82, 2.24) is 5.32 Å². The number of hydrogen-bond acceptors (Lipinski definition) is 1. The van der Waals surface area contributed by atoms with E-state index in [0.717, 1.165) is 19.4 Å². The Balaban J connectivity index is 1.97. The first-order chi connectivity index (χ1) is 8.22. The fourth-order valence-corrected chi connectivity index (χ4v) is 3.54. The number of amides is 1. The normalized spacial score (nSPS) is 26.4. The van der Waals surface area contributed by atoms with Gasteiger partial charge < -0.3 is 5.32 Å². The van der Waals surface area contributed by atoms with E-state index in [4.69, 9.17) is 0 Å². The second-order valence-corrected chi connectivity index (χ2v) is 5.54. The van der Waals surface area contributed by atoms with Crippen LogP contribution in [0, 0.1) is 12.3 Å². The topological polar surface area (TPSA) is 29.1 Å². The summed E-state index contributed by atoms with van der Waals surface area (Å²) >= 11 is 0. The van der Waals surface area contributed by atoms with Crippen LogP contribution >= 0.6 is 0 Å². The number of benzene rings is 1. The maximum atomic E-state index is 12.1. The highest BCUT2D eigenvalue weighted by Crippen LogP contribution is 2.51. The third kappa shape index (κ3) is 1.58. The van der Waals surface area contributed by atoms with E-state index in [9.17, 15) is 4.79 Å². The molecule has 1 amide bonds. The predicted octanol–water partition coefficient (Wildman–Crippen LogP) is 2.77. The fraction of sp³-hybridized carbons (Fsp3) is 0.533. The van der Waals surface area contributed by atoms with Gasteiger partial charge in [-0.15, -0.1) is 0 Å². The molecular formula is C15H19NO. The first-order valence-corrected chi connectivity index (χ1v) is 6.57. The molecule has 1 saturated carbocycles. The summed E-state index contributed by atoms with van der Waals surface area (Å²) in [4.78, 5) is 12.1.